The zero-order valence-electron chi connectivity index (χ0n) is 11.6. The molecule has 2 heterocycles. The molecule has 0 N–H and O–H groups in total. The first-order valence-corrected chi connectivity index (χ1v) is 8.11. The van der Waals surface area contributed by atoms with Crippen molar-refractivity contribution < 1.29 is 13.2 Å². The number of aromatic nitrogens is 1. The van der Waals surface area contributed by atoms with Gasteiger partial charge in [0.2, 0.25) is 5.91 Å². The minimum atomic E-state index is -3.84. The summed E-state index contributed by atoms with van der Waals surface area (Å²) in [6.07, 6.45) is 1.43. The van der Waals surface area contributed by atoms with E-state index in [0.29, 0.717) is 0 Å². The molecule has 0 saturated carbocycles. The number of carbonyl (C=O) groups excluding carboxylic acids is 1. The molecule has 1 atom stereocenters. The molecule has 1 fully saturated rings. The summed E-state index contributed by atoms with van der Waals surface area (Å²) in [6, 6.07) is 2.76. The zero-order chi connectivity index (χ0) is 15.1. The number of nitrogens with zero attached hydrogens (tertiary/aromatic N) is 2. The van der Waals surface area contributed by atoms with Gasteiger partial charge in [0, 0.05) is 19.2 Å². The third-order valence-corrected chi connectivity index (χ3v) is 5.59. The first-order chi connectivity index (χ1) is 9.12. The molecule has 20 heavy (non-hydrogen) atoms. The molecule has 110 valence electrons. The molecule has 1 aliphatic heterocycles. The Hall–Kier alpha value is -1.14. The van der Waals surface area contributed by atoms with Crippen LogP contribution in [0, 0.1) is 11.3 Å². The van der Waals surface area contributed by atoms with Gasteiger partial charge in [-0.2, -0.15) is 0 Å². The molecule has 1 aliphatic rings. The lowest BCUT2D eigenvalue weighted by atomic mass is 9.80. The highest BCUT2D eigenvalue weighted by Gasteiger charge is 2.42. The van der Waals surface area contributed by atoms with Crippen LogP contribution in [0.25, 0.3) is 0 Å². The minimum Gasteiger partial charge on any atom is -0.274 e. The van der Waals surface area contributed by atoms with Crippen LogP contribution in [0.2, 0.25) is 5.15 Å². The van der Waals surface area contributed by atoms with Crippen molar-refractivity contribution in [2.24, 2.45) is 11.3 Å². The van der Waals surface area contributed by atoms with Crippen LogP contribution in [-0.2, 0) is 14.8 Å². The molecule has 0 radical (unpaired) electrons. The Morgan fingerprint density at radius 3 is 2.45 bits per heavy atom. The van der Waals surface area contributed by atoms with Crippen LogP contribution in [0.4, 0.5) is 0 Å². The molecule has 0 aliphatic carbocycles. The third kappa shape index (κ3) is 2.81. The van der Waals surface area contributed by atoms with Gasteiger partial charge in [-0.15, -0.1) is 0 Å². The van der Waals surface area contributed by atoms with Gasteiger partial charge in [-0.05, 0) is 23.5 Å². The smallest absolute Gasteiger partial charge is 0.268 e. The van der Waals surface area contributed by atoms with Gasteiger partial charge in [-0.1, -0.05) is 32.4 Å². The highest BCUT2D eigenvalue weighted by molar-refractivity contribution is 7.89. The van der Waals surface area contributed by atoms with Gasteiger partial charge in [-0.25, -0.2) is 17.7 Å². The van der Waals surface area contributed by atoms with E-state index in [4.69, 9.17) is 11.6 Å². The van der Waals surface area contributed by atoms with Crippen molar-refractivity contribution in [2.45, 2.75) is 32.1 Å². The van der Waals surface area contributed by atoms with Crippen LogP contribution in [0.5, 0.6) is 0 Å². The molecule has 0 bridgehead atoms. The van der Waals surface area contributed by atoms with E-state index < -0.39 is 10.0 Å². The van der Waals surface area contributed by atoms with Gasteiger partial charge in [0.25, 0.3) is 10.0 Å². The Balaban J connectivity index is 2.31. The van der Waals surface area contributed by atoms with Crippen molar-refractivity contribution in [1.82, 2.24) is 9.29 Å². The SMILES string of the molecule is CC(C)(C)C1CC(=O)N(S(=O)(=O)c2ccc(Cl)nc2)C1. The van der Waals surface area contributed by atoms with E-state index in [9.17, 15) is 13.2 Å². The monoisotopic (exact) mass is 316 g/mol. The van der Waals surface area contributed by atoms with Gasteiger partial charge in [-0.3, -0.25) is 4.79 Å². The van der Waals surface area contributed by atoms with Crippen molar-refractivity contribution in [1.29, 1.82) is 0 Å². The molecule has 1 unspecified atom stereocenters. The van der Waals surface area contributed by atoms with E-state index in [2.05, 4.69) is 4.98 Å². The standard InChI is InChI=1S/C13H17ClN2O3S/c1-13(2,3)9-6-12(17)16(8-9)20(18,19)10-4-5-11(14)15-7-10/h4-5,7,9H,6,8H2,1-3H3. The number of rotatable bonds is 2. The average molecular weight is 317 g/mol. The highest BCUT2D eigenvalue weighted by Crippen LogP contribution is 2.36. The summed E-state index contributed by atoms with van der Waals surface area (Å²) in [5.41, 5.74) is -0.113. The molecule has 7 heteroatoms. The summed E-state index contributed by atoms with van der Waals surface area (Å²) in [5, 5.41) is 0.212. The summed E-state index contributed by atoms with van der Waals surface area (Å²) >= 11 is 5.65. The number of amides is 1. The molecule has 0 spiro atoms. The maximum absolute atomic E-state index is 12.5. The average Bonchev–Trinajstić information content (AvgIpc) is 2.72. The molecular weight excluding hydrogens is 300 g/mol. The predicted molar refractivity (Wildman–Crippen MR) is 75.7 cm³/mol. The largest absolute Gasteiger partial charge is 0.274 e. The normalized spacial score (nSPS) is 20.5. The van der Waals surface area contributed by atoms with Crippen molar-refractivity contribution in [3.05, 3.63) is 23.5 Å². The quantitative estimate of drug-likeness (QED) is 0.785. The summed E-state index contributed by atoms with van der Waals surface area (Å²) in [4.78, 5) is 15.8. The Bertz CT molecular complexity index is 620. The Morgan fingerprint density at radius 1 is 1.35 bits per heavy atom. The molecule has 0 aromatic carbocycles. The zero-order valence-corrected chi connectivity index (χ0v) is 13.2. The van der Waals surface area contributed by atoms with Crippen LogP contribution in [0.3, 0.4) is 0 Å². The van der Waals surface area contributed by atoms with Crippen LogP contribution >= 0.6 is 11.6 Å². The summed E-state index contributed by atoms with van der Waals surface area (Å²) in [6.45, 7) is 6.23. The first-order valence-electron chi connectivity index (χ1n) is 6.29. The lowest BCUT2D eigenvalue weighted by Crippen LogP contribution is -2.33. The number of hydrogen-bond acceptors (Lipinski definition) is 4. The van der Waals surface area contributed by atoms with E-state index in [1.54, 1.807) is 0 Å². The van der Waals surface area contributed by atoms with Gasteiger partial charge >= 0.3 is 0 Å². The van der Waals surface area contributed by atoms with Crippen LogP contribution < -0.4 is 0 Å². The Kier molecular flexibility index (Phi) is 3.81. The van der Waals surface area contributed by atoms with E-state index in [0.717, 1.165) is 4.31 Å². The molecule has 1 aromatic heterocycles. The Labute approximate surface area is 124 Å². The summed E-state index contributed by atoms with van der Waals surface area (Å²) in [7, 11) is -3.84. The fourth-order valence-electron chi connectivity index (χ4n) is 2.13. The molecule has 2 rings (SSSR count). The second kappa shape index (κ2) is 5.00. The first kappa shape index (κ1) is 15.3. The third-order valence-electron chi connectivity index (χ3n) is 3.60. The van der Waals surface area contributed by atoms with Crippen molar-refractivity contribution in [2.75, 3.05) is 6.54 Å². The summed E-state index contributed by atoms with van der Waals surface area (Å²) in [5.74, 6) is -0.343. The van der Waals surface area contributed by atoms with E-state index in [-0.39, 0.29) is 40.3 Å². The van der Waals surface area contributed by atoms with E-state index in [1.807, 2.05) is 20.8 Å². The second-order valence-corrected chi connectivity index (χ2v) is 8.26. The van der Waals surface area contributed by atoms with E-state index in [1.165, 1.54) is 18.3 Å². The maximum atomic E-state index is 12.5. The van der Waals surface area contributed by atoms with Crippen LogP contribution in [0.15, 0.2) is 23.2 Å². The summed E-state index contributed by atoms with van der Waals surface area (Å²) < 4.78 is 25.9. The molecular formula is C13H17ClN2O3S. The van der Waals surface area contributed by atoms with Gasteiger partial charge in [0.1, 0.15) is 10.0 Å². The minimum absolute atomic E-state index is 0.00944. The van der Waals surface area contributed by atoms with Gasteiger partial charge in [0.15, 0.2) is 0 Å². The maximum Gasteiger partial charge on any atom is 0.268 e. The lowest BCUT2D eigenvalue weighted by molar-refractivity contribution is -0.123. The number of hydrogen-bond donors (Lipinski definition) is 0. The lowest BCUT2D eigenvalue weighted by Gasteiger charge is -2.26. The second-order valence-electron chi connectivity index (χ2n) is 6.01. The van der Waals surface area contributed by atoms with Crippen molar-refractivity contribution in [3.63, 3.8) is 0 Å². The van der Waals surface area contributed by atoms with E-state index >= 15 is 0 Å². The van der Waals surface area contributed by atoms with Crippen LogP contribution in [0.1, 0.15) is 27.2 Å². The number of carbonyl (C=O) groups is 1. The Morgan fingerprint density at radius 2 is 2.00 bits per heavy atom. The number of sulfonamides is 1. The van der Waals surface area contributed by atoms with Crippen molar-refractivity contribution >= 4 is 27.5 Å². The fourth-order valence-corrected chi connectivity index (χ4v) is 3.64. The topological polar surface area (TPSA) is 67.3 Å². The van der Waals surface area contributed by atoms with Crippen molar-refractivity contribution in [3.8, 4) is 0 Å². The number of pyridine rings is 1. The van der Waals surface area contributed by atoms with Crippen LogP contribution in [-0.4, -0.2) is 30.2 Å². The molecule has 5 nitrogen and oxygen atoms in total. The fraction of sp³-hybridized carbons (Fsp3) is 0.538. The predicted octanol–water partition coefficient (Wildman–Crippen LogP) is 2.32. The number of halogens is 1. The molecule has 1 amide bonds. The highest BCUT2D eigenvalue weighted by atomic mass is 35.5. The van der Waals surface area contributed by atoms with Gasteiger partial charge < -0.3 is 0 Å². The molecule has 1 saturated heterocycles. The molecule has 1 aromatic rings. The van der Waals surface area contributed by atoms with Gasteiger partial charge in [0.05, 0.1) is 0 Å².